The Balaban J connectivity index is 2.38. The van der Waals surface area contributed by atoms with Crippen molar-refractivity contribution in [2.24, 2.45) is 7.05 Å². The van der Waals surface area contributed by atoms with Crippen LogP contribution in [-0.4, -0.2) is 28.7 Å². The van der Waals surface area contributed by atoms with Crippen molar-refractivity contribution < 1.29 is 13.1 Å². The van der Waals surface area contributed by atoms with E-state index in [9.17, 15) is 13.6 Å². The van der Waals surface area contributed by atoms with E-state index in [2.05, 4.69) is 9.97 Å². The van der Waals surface area contributed by atoms with Gasteiger partial charge in [0.05, 0.1) is 5.75 Å². The Morgan fingerprint density at radius 2 is 2.13 bits per heavy atom. The van der Waals surface area contributed by atoms with Crippen LogP contribution in [0.15, 0.2) is 35.5 Å². The summed E-state index contributed by atoms with van der Waals surface area (Å²) < 4.78 is 26.8. The minimum atomic E-state index is -3.56. The molecule has 120 valence electrons. The van der Waals surface area contributed by atoms with Crippen LogP contribution < -0.4 is 4.73 Å². The molecule has 0 saturated heterocycles. The molecule has 0 saturated carbocycles. The van der Waals surface area contributed by atoms with Gasteiger partial charge >= 0.3 is 0 Å². The first kappa shape index (κ1) is 15.4. The SMILES string of the molecule is CCS(=O)(=O)c1ccc[n+]([O-])c1-c1nc2cc(C)cnc2n1C. The van der Waals surface area contributed by atoms with Gasteiger partial charge in [0.1, 0.15) is 10.4 Å². The summed E-state index contributed by atoms with van der Waals surface area (Å²) in [6.45, 7) is 3.44. The van der Waals surface area contributed by atoms with Gasteiger partial charge in [-0.3, -0.25) is 0 Å². The molecule has 0 amide bonds. The van der Waals surface area contributed by atoms with Crippen LogP contribution >= 0.6 is 0 Å². The third kappa shape index (κ3) is 2.44. The maximum absolute atomic E-state index is 12.3. The standard InChI is InChI=1S/C15H16N4O3S/c1-4-23(21,22)12-6-5-7-19(20)13(12)15-17-11-8-10(2)9-16-14(11)18(15)3/h5-9H,4H2,1-3H3. The average molecular weight is 332 g/mol. The van der Waals surface area contributed by atoms with Gasteiger partial charge in [-0.2, -0.15) is 4.73 Å². The molecule has 0 fully saturated rings. The van der Waals surface area contributed by atoms with Crippen molar-refractivity contribution in [2.75, 3.05) is 5.75 Å². The molecule has 0 N–H and O–H groups in total. The zero-order valence-corrected chi connectivity index (χ0v) is 13.8. The fraction of sp³-hybridized carbons (Fsp3) is 0.267. The number of fused-ring (bicyclic) bond motifs is 1. The predicted octanol–water partition coefficient (Wildman–Crippen LogP) is 1.37. The Labute approximate surface area is 133 Å². The van der Waals surface area contributed by atoms with E-state index in [0.717, 1.165) is 5.56 Å². The van der Waals surface area contributed by atoms with Gasteiger partial charge in [0.25, 0.3) is 5.69 Å². The molecular formula is C15H16N4O3S. The Morgan fingerprint density at radius 3 is 2.83 bits per heavy atom. The minimum absolute atomic E-state index is 0.0207. The summed E-state index contributed by atoms with van der Waals surface area (Å²) in [4.78, 5) is 8.71. The Morgan fingerprint density at radius 1 is 1.39 bits per heavy atom. The number of aryl methyl sites for hydroxylation is 2. The quantitative estimate of drug-likeness (QED) is 0.533. The van der Waals surface area contributed by atoms with Crippen LogP contribution in [0, 0.1) is 12.1 Å². The molecule has 3 heterocycles. The number of sulfone groups is 1. The van der Waals surface area contributed by atoms with Crippen molar-refractivity contribution in [1.29, 1.82) is 0 Å². The van der Waals surface area contributed by atoms with Crippen molar-refractivity contribution in [3.05, 3.63) is 41.4 Å². The van der Waals surface area contributed by atoms with E-state index in [1.54, 1.807) is 24.7 Å². The molecule has 3 aromatic rings. The van der Waals surface area contributed by atoms with Gasteiger partial charge in [-0.25, -0.2) is 18.4 Å². The largest absolute Gasteiger partial charge is 0.618 e. The highest BCUT2D eigenvalue weighted by atomic mass is 32.2. The van der Waals surface area contributed by atoms with E-state index < -0.39 is 9.84 Å². The number of hydrogen-bond donors (Lipinski definition) is 0. The molecule has 0 aliphatic carbocycles. The fourth-order valence-corrected chi connectivity index (χ4v) is 3.55. The van der Waals surface area contributed by atoms with Gasteiger partial charge < -0.3 is 9.77 Å². The molecule has 0 aliphatic rings. The van der Waals surface area contributed by atoms with Gasteiger partial charge in [0.2, 0.25) is 5.82 Å². The third-order valence-electron chi connectivity index (χ3n) is 3.70. The number of aromatic nitrogens is 4. The number of rotatable bonds is 3. The lowest BCUT2D eigenvalue weighted by Crippen LogP contribution is -2.32. The van der Waals surface area contributed by atoms with Crippen molar-refractivity contribution in [3.63, 3.8) is 0 Å². The fourth-order valence-electron chi connectivity index (χ4n) is 2.47. The first-order valence-electron chi connectivity index (χ1n) is 7.09. The summed E-state index contributed by atoms with van der Waals surface area (Å²) in [7, 11) is -1.85. The highest BCUT2D eigenvalue weighted by Gasteiger charge is 2.28. The molecule has 8 heteroatoms. The normalized spacial score (nSPS) is 12.0. The van der Waals surface area contributed by atoms with Gasteiger partial charge in [-0.05, 0) is 24.6 Å². The maximum atomic E-state index is 12.3. The molecule has 0 aliphatic heterocycles. The van der Waals surface area contributed by atoms with E-state index in [4.69, 9.17) is 0 Å². The van der Waals surface area contributed by atoms with E-state index >= 15 is 0 Å². The van der Waals surface area contributed by atoms with Crippen molar-refractivity contribution in [3.8, 4) is 11.5 Å². The second-order valence-electron chi connectivity index (χ2n) is 5.30. The monoisotopic (exact) mass is 332 g/mol. The zero-order valence-electron chi connectivity index (χ0n) is 13.0. The van der Waals surface area contributed by atoms with Crippen molar-refractivity contribution >= 4 is 21.0 Å². The summed E-state index contributed by atoms with van der Waals surface area (Å²) >= 11 is 0. The van der Waals surface area contributed by atoms with Crippen LogP contribution in [0.3, 0.4) is 0 Å². The van der Waals surface area contributed by atoms with Crippen LogP contribution in [0.4, 0.5) is 0 Å². The van der Waals surface area contributed by atoms with Crippen LogP contribution in [0.1, 0.15) is 12.5 Å². The van der Waals surface area contributed by atoms with Gasteiger partial charge in [-0.1, -0.05) is 6.92 Å². The molecule has 7 nitrogen and oxygen atoms in total. The summed E-state index contributed by atoms with van der Waals surface area (Å²) in [5.74, 6) is 0.186. The molecular weight excluding hydrogens is 316 g/mol. The molecule has 3 rings (SSSR count). The molecule has 0 aromatic carbocycles. The highest BCUT2D eigenvalue weighted by molar-refractivity contribution is 7.91. The first-order chi connectivity index (χ1) is 10.8. The maximum Gasteiger partial charge on any atom is 0.278 e. The van der Waals surface area contributed by atoms with E-state index in [0.29, 0.717) is 15.9 Å². The zero-order chi connectivity index (χ0) is 16.8. The smallest absolute Gasteiger partial charge is 0.278 e. The summed E-state index contributed by atoms with van der Waals surface area (Å²) in [5, 5.41) is 12.3. The lowest BCUT2D eigenvalue weighted by atomic mass is 10.3. The van der Waals surface area contributed by atoms with E-state index in [-0.39, 0.29) is 22.2 Å². The van der Waals surface area contributed by atoms with Crippen molar-refractivity contribution in [2.45, 2.75) is 18.7 Å². The second-order valence-corrected chi connectivity index (χ2v) is 7.55. The van der Waals surface area contributed by atoms with Gasteiger partial charge in [-0.15, -0.1) is 0 Å². The average Bonchev–Trinajstić information content (AvgIpc) is 2.83. The van der Waals surface area contributed by atoms with Crippen LogP contribution in [-0.2, 0) is 16.9 Å². The minimum Gasteiger partial charge on any atom is -0.618 e. The molecule has 0 bridgehead atoms. The lowest BCUT2D eigenvalue weighted by Gasteiger charge is -2.09. The Bertz CT molecular complexity index is 1010. The van der Waals surface area contributed by atoms with Crippen LogP contribution in [0.2, 0.25) is 0 Å². The molecule has 0 atom stereocenters. The van der Waals surface area contributed by atoms with E-state index in [1.807, 2.05) is 13.0 Å². The molecule has 0 unspecified atom stereocenters. The predicted molar refractivity (Wildman–Crippen MR) is 85.4 cm³/mol. The number of nitrogens with zero attached hydrogens (tertiary/aromatic N) is 4. The van der Waals surface area contributed by atoms with Gasteiger partial charge in [0.15, 0.2) is 21.7 Å². The molecule has 0 spiro atoms. The van der Waals surface area contributed by atoms with E-state index in [1.165, 1.54) is 18.3 Å². The Kier molecular flexibility index (Phi) is 3.56. The number of imidazole rings is 1. The van der Waals surface area contributed by atoms with Gasteiger partial charge in [0, 0.05) is 19.3 Å². The van der Waals surface area contributed by atoms with Crippen LogP contribution in [0.5, 0.6) is 0 Å². The lowest BCUT2D eigenvalue weighted by molar-refractivity contribution is -0.595. The molecule has 3 aromatic heterocycles. The number of pyridine rings is 2. The highest BCUT2D eigenvalue weighted by Crippen LogP contribution is 2.26. The molecule has 23 heavy (non-hydrogen) atoms. The Hall–Kier alpha value is -2.48. The summed E-state index contributed by atoms with van der Waals surface area (Å²) in [6, 6.07) is 4.70. The second kappa shape index (κ2) is 5.31. The molecule has 0 radical (unpaired) electrons. The third-order valence-corrected chi connectivity index (χ3v) is 5.46. The first-order valence-corrected chi connectivity index (χ1v) is 8.74. The topological polar surface area (TPSA) is 91.8 Å². The number of hydrogen-bond acceptors (Lipinski definition) is 5. The van der Waals surface area contributed by atoms with Crippen LogP contribution in [0.25, 0.3) is 22.7 Å². The summed E-state index contributed by atoms with van der Waals surface area (Å²) in [6.07, 6.45) is 2.97. The summed E-state index contributed by atoms with van der Waals surface area (Å²) in [5.41, 5.74) is 2.17. The van der Waals surface area contributed by atoms with Crippen molar-refractivity contribution in [1.82, 2.24) is 14.5 Å².